The lowest BCUT2D eigenvalue weighted by atomic mass is 10.2. The van der Waals surface area contributed by atoms with Gasteiger partial charge in [0, 0.05) is 26.7 Å². The molecule has 0 aromatic heterocycles. The Kier molecular flexibility index (Phi) is 60.4. The van der Waals surface area contributed by atoms with Crippen LogP contribution in [0.5, 0.6) is 0 Å². The lowest BCUT2D eigenvalue weighted by Gasteiger charge is -2.02. The molecule has 2 atom stereocenters. The van der Waals surface area contributed by atoms with E-state index in [9.17, 15) is 0 Å². The molecule has 0 radical (unpaired) electrons. The van der Waals surface area contributed by atoms with Crippen molar-refractivity contribution in [3.8, 4) is 0 Å². The summed E-state index contributed by atoms with van der Waals surface area (Å²) in [6.45, 7) is 5.17. The van der Waals surface area contributed by atoms with Gasteiger partial charge in [-0.3, -0.25) is 0 Å². The molecule has 0 bridgehead atoms. The van der Waals surface area contributed by atoms with E-state index < -0.39 is 0 Å². The summed E-state index contributed by atoms with van der Waals surface area (Å²) in [4.78, 5) is 0. The van der Waals surface area contributed by atoms with Crippen molar-refractivity contribution in [1.82, 2.24) is 0 Å². The summed E-state index contributed by atoms with van der Waals surface area (Å²) < 4.78 is 9.38. The summed E-state index contributed by atoms with van der Waals surface area (Å²) in [5.74, 6) is 0.282. The molecule has 0 aromatic carbocycles. The third-order valence-corrected chi connectivity index (χ3v) is 1.59. The van der Waals surface area contributed by atoms with Gasteiger partial charge in [0.15, 0.2) is 0 Å². The van der Waals surface area contributed by atoms with Crippen molar-refractivity contribution in [1.29, 1.82) is 0 Å². The molecular weight excluding hydrogens is 232 g/mol. The van der Waals surface area contributed by atoms with Crippen molar-refractivity contribution in [3.63, 3.8) is 0 Å². The van der Waals surface area contributed by atoms with Gasteiger partial charge in [-0.1, -0.05) is 43.6 Å². The molecule has 0 saturated heterocycles. The standard InChI is InChI=1S/2C5H12O2.4CH4/c1-5(3-6)4-7-2;1-3-5(6)4-7-2;;;;/h2*5-6H,3-4H2,1-2H3;4*1H4. The average Bonchev–Trinajstić information content (AvgIpc) is 2.19. The Labute approximate surface area is 116 Å². The lowest BCUT2D eigenvalue weighted by molar-refractivity contribution is 0.0625. The van der Waals surface area contributed by atoms with Crippen molar-refractivity contribution in [2.24, 2.45) is 5.92 Å². The summed E-state index contributed by atoms with van der Waals surface area (Å²) in [6.07, 6.45) is 0.499. The number of rotatable bonds is 6. The van der Waals surface area contributed by atoms with Gasteiger partial charge in [-0.2, -0.15) is 0 Å². The molecular formula is C14H40O4. The molecule has 0 saturated carbocycles. The molecule has 4 heteroatoms. The summed E-state index contributed by atoms with van der Waals surface area (Å²) >= 11 is 0. The van der Waals surface area contributed by atoms with Crippen LogP contribution >= 0.6 is 0 Å². The van der Waals surface area contributed by atoms with Crippen LogP contribution in [0, 0.1) is 5.92 Å². The van der Waals surface area contributed by atoms with Crippen LogP contribution in [-0.4, -0.2) is 50.4 Å². The molecule has 0 amide bonds. The molecule has 0 aromatic rings. The minimum atomic E-state index is -0.273. The fraction of sp³-hybridized carbons (Fsp3) is 1.00. The van der Waals surface area contributed by atoms with E-state index >= 15 is 0 Å². The molecule has 0 spiro atoms. The zero-order valence-electron chi connectivity index (χ0n) is 9.69. The number of aliphatic hydroxyl groups excluding tert-OH is 2. The van der Waals surface area contributed by atoms with Gasteiger partial charge in [-0.25, -0.2) is 0 Å². The van der Waals surface area contributed by atoms with Crippen molar-refractivity contribution in [2.45, 2.75) is 56.1 Å². The van der Waals surface area contributed by atoms with Crippen LogP contribution in [0.25, 0.3) is 0 Å². The Hall–Kier alpha value is -0.160. The Morgan fingerprint density at radius 1 is 0.944 bits per heavy atom. The van der Waals surface area contributed by atoms with Gasteiger partial charge in [0.05, 0.1) is 19.3 Å². The highest BCUT2D eigenvalue weighted by Gasteiger charge is 1.95. The number of aliphatic hydroxyl groups is 2. The van der Waals surface area contributed by atoms with Crippen LogP contribution in [0.15, 0.2) is 0 Å². The largest absolute Gasteiger partial charge is 0.396 e. The second-order valence-corrected chi connectivity index (χ2v) is 3.26. The second kappa shape index (κ2) is 30.1. The molecule has 0 fully saturated rings. The maximum atomic E-state index is 8.73. The number of hydrogen-bond donors (Lipinski definition) is 2. The maximum absolute atomic E-state index is 8.73. The SMILES string of the molecule is C.C.C.C.CCC(O)COC.COCC(C)CO. The highest BCUT2D eigenvalue weighted by atomic mass is 16.5. The van der Waals surface area contributed by atoms with Crippen molar-refractivity contribution in [2.75, 3.05) is 34.0 Å². The normalized spacial score (nSPS) is 11.0. The van der Waals surface area contributed by atoms with Gasteiger partial charge >= 0.3 is 0 Å². The molecule has 4 nitrogen and oxygen atoms in total. The van der Waals surface area contributed by atoms with E-state index in [4.69, 9.17) is 14.9 Å². The zero-order chi connectivity index (χ0) is 11.4. The van der Waals surface area contributed by atoms with Gasteiger partial charge in [-0.15, -0.1) is 0 Å². The predicted molar refractivity (Wildman–Crippen MR) is 83.2 cm³/mol. The van der Waals surface area contributed by atoms with Crippen LogP contribution < -0.4 is 0 Å². The van der Waals surface area contributed by atoms with Crippen LogP contribution in [0.4, 0.5) is 0 Å². The molecule has 0 rings (SSSR count). The fourth-order valence-corrected chi connectivity index (χ4v) is 0.647. The van der Waals surface area contributed by atoms with Crippen LogP contribution in [0.3, 0.4) is 0 Å². The summed E-state index contributed by atoms with van der Waals surface area (Å²) in [6, 6.07) is 0. The first-order chi connectivity index (χ1) is 6.62. The first-order valence-electron chi connectivity index (χ1n) is 4.89. The minimum Gasteiger partial charge on any atom is -0.396 e. The molecule has 18 heavy (non-hydrogen) atoms. The Morgan fingerprint density at radius 2 is 1.33 bits per heavy atom. The molecule has 120 valence electrons. The van der Waals surface area contributed by atoms with Gasteiger partial charge in [-0.05, 0) is 6.42 Å². The van der Waals surface area contributed by atoms with Crippen molar-refractivity contribution < 1.29 is 19.7 Å². The van der Waals surface area contributed by atoms with E-state index in [2.05, 4.69) is 4.74 Å². The first kappa shape index (κ1) is 36.1. The van der Waals surface area contributed by atoms with E-state index in [1.54, 1.807) is 14.2 Å². The smallest absolute Gasteiger partial charge is 0.0770 e. The molecule has 0 aliphatic heterocycles. The maximum Gasteiger partial charge on any atom is 0.0770 e. The fourth-order valence-electron chi connectivity index (χ4n) is 0.647. The molecule has 2 unspecified atom stereocenters. The summed E-state index contributed by atoms with van der Waals surface area (Å²) in [7, 11) is 3.21. The number of hydrogen-bond acceptors (Lipinski definition) is 4. The molecule has 0 aliphatic rings. The third kappa shape index (κ3) is 36.0. The second-order valence-electron chi connectivity index (χ2n) is 3.26. The average molecular weight is 272 g/mol. The quantitative estimate of drug-likeness (QED) is 0.779. The monoisotopic (exact) mass is 272 g/mol. The Balaban J connectivity index is -0.0000000327. The lowest BCUT2D eigenvalue weighted by Crippen LogP contribution is -2.11. The number of methoxy groups -OCH3 is 2. The third-order valence-electron chi connectivity index (χ3n) is 1.59. The van der Waals surface area contributed by atoms with Gasteiger partial charge in [0.1, 0.15) is 0 Å². The van der Waals surface area contributed by atoms with E-state index in [1.807, 2.05) is 13.8 Å². The Bertz CT molecular complexity index is 87.8. The van der Waals surface area contributed by atoms with E-state index in [1.165, 1.54) is 0 Å². The molecule has 2 N–H and O–H groups in total. The predicted octanol–water partition coefficient (Wildman–Crippen LogP) is 3.21. The first-order valence-corrected chi connectivity index (χ1v) is 4.89. The van der Waals surface area contributed by atoms with Gasteiger partial charge in [0.25, 0.3) is 0 Å². The highest BCUT2D eigenvalue weighted by Crippen LogP contribution is 1.89. The minimum absolute atomic E-state index is 0. The number of ether oxygens (including phenoxy) is 2. The van der Waals surface area contributed by atoms with E-state index in [0.29, 0.717) is 13.2 Å². The van der Waals surface area contributed by atoms with E-state index in [-0.39, 0.29) is 48.3 Å². The topological polar surface area (TPSA) is 58.9 Å². The van der Waals surface area contributed by atoms with Crippen molar-refractivity contribution in [3.05, 3.63) is 0 Å². The molecule has 0 heterocycles. The molecule has 0 aliphatic carbocycles. The van der Waals surface area contributed by atoms with Crippen LogP contribution in [-0.2, 0) is 9.47 Å². The summed E-state index contributed by atoms with van der Waals surface area (Å²) in [5.41, 5.74) is 0. The summed E-state index contributed by atoms with van der Waals surface area (Å²) in [5, 5.41) is 17.1. The van der Waals surface area contributed by atoms with Crippen LogP contribution in [0.1, 0.15) is 50.0 Å². The van der Waals surface area contributed by atoms with Crippen LogP contribution in [0.2, 0.25) is 0 Å². The van der Waals surface area contributed by atoms with Crippen molar-refractivity contribution >= 4 is 0 Å². The zero-order valence-corrected chi connectivity index (χ0v) is 9.69. The van der Waals surface area contributed by atoms with Gasteiger partial charge < -0.3 is 19.7 Å². The van der Waals surface area contributed by atoms with Gasteiger partial charge in [0.2, 0.25) is 0 Å². The Morgan fingerprint density at radius 3 is 1.44 bits per heavy atom. The van der Waals surface area contributed by atoms with E-state index in [0.717, 1.165) is 6.42 Å². The highest BCUT2D eigenvalue weighted by molar-refractivity contribution is 4.45.